The van der Waals surface area contributed by atoms with Gasteiger partial charge in [0.1, 0.15) is 22.6 Å². The monoisotopic (exact) mass is 514 g/mol. The molecule has 0 saturated heterocycles. The second-order valence-corrected chi connectivity index (χ2v) is 8.37. The molecule has 0 N–H and O–H groups in total. The zero-order valence-electron chi connectivity index (χ0n) is 19.0. The normalized spacial score (nSPS) is 12.7. The quantitative estimate of drug-likeness (QED) is 0.298. The first-order valence-electron chi connectivity index (χ1n) is 10.6. The van der Waals surface area contributed by atoms with Crippen molar-refractivity contribution in [3.8, 4) is 5.75 Å². The third-order valence-electron chi connectivity index (χ3n) is 5.17. The Morgan fingerprint density at radius 1 is 1.17 bits per heavy atom. The van der Waals surface area contributed by atoms with Gasteiger partial charge in [-0.15, -0.1) is 0 Å². The lowest BCUT2D eigenvalue weighted by molar-refractivity contribution is -0.124. The fourth-order valence-electron chi connectivity index (χ4n) is 3.46. The molecular formula is C24H20Cl2N4O5. The molecule has 3 aromatic heterocycles. The van der Waals surface area contributed by atoms with Crippen LogP contribution in [0.5, 0.6) is 5.75 Å². The number of ether oxygens (including phenoxy) is 2. The first-order valence-corrected chi connectivity index (χ1v) is 11.4. The van der Waals surface area contributed by atoms with E-state index in [1.807, 2.05) is 0 Å². The second kappa shape index (κ2) is 9.89. The van der Waals surface area contributed by atoms with Crippen LogP contribution in [0.2, 0.25) is 10.0 Å². The van der Waals surface area contributed by atoms with Crippen LogP contribution in [0.4, 0.5) is 0 Å². The van der Waals surface area contributed by atoms with E-state index in [2.05, 4.69) is 9.98 Å². The Morgan fingerprint density at radius 3 is 2.66 bits per heavy atom. The van der Waals surface area contributed by atoms with Gasteiger partial charge in [-0.2, -0.15) is 4.99 Å². The summed E-state index contributed by atoms with van der Waals surface area (Å²) in [6.45, 7) is 3.24. The minimum absolute atomic E-state index is 0.0224. The first kappa shape index (κ1) is 24.4. The van der Waals surface area contributed by atoms with Crippen molar-refractivity contribution in [1.29, 1.82) is 0 Å². The van der Waals surface area contributed by atoms with Gasteiger partial charge >= 0.3 is 5.97 Å². The zero-order chi connectivity index (χ0) is 25.3. The molecule has 0 aliphatic carbocycles. The Bertz CT molecular complexity index is 1610. The number of halogens is 2. The first-order chi connectivity index (χ1) is 16.7. The molecule has 4 rings (SSSR count). The maximum atomic E-state index is 13.1. The van der Waals surface area contributed by atoms with Crippen molar-refractivity contribution in [1.82, 2.24) is 14.0 Å². The number of amides is 1. The van der Waals surface area contributed by atoms with E-state index in [9.17, 15) is 14.4 Å². The molecule has 9 nitrogen and oxygen atoms in total. The van der Waals surface area contributed by atoms with E-state index < -0.39 is 18.0 Å². The molecule has 0 spiro atoms. The van der Waals surface area contributed by atoms with Gasteiger partial charge < -0.3 is 14.0 Å². The second-order valence-electron chi connectivity index (χ2n) is 7.53. The standard InChI is InChI=1S/C24H20Cl2N4O5/c1-4-34-24(33)16-12-15-20(27-19-7-5-6-10-30(19)23(15)32)29(3)21(16)28-22(31)13(2)35-18-9-8-14(25)11-17(18)26/h5-13H,4H2,1-3H3/t13-/m1/s1. The number of fused-ring (bicyclic) bond motifs is 2. The molecule has 0 bridgehead atoms. The number of rotatable bonds is 5. The van der Waals surface area contributed by atoms with E-state index >= 15 is 0 Å². The summed E-state index contributed by atoms with van der Waals surface area (Å²) in [7, 11) is 1.56. The number of benzene rings is 1. The van der Waals surface area contributed by atoms with Gasteiger partial charge in [-0.05, 0) is 50.2 Å². The molecule has 1 atom stereocenters. The van der Waals surface area contributed by atoms with Gasteiger partial charge in [-0.25, -0.2) is 9.78 Å². The predicted octanol–water partition coefficient (Wildman–Crippen LogP) is 3.56. The Morgan fingerprint density at radius 2 is 1.94 bits per heavy atom. The van der Waals surface area contributed by atoms with Gasteiger partial charge in [0.25, 0.3) is 11.5 Å². The number of carbonyl (C=O) groups is 2. The van der Waals surface area contributed by atoms with Crippen molar-refractivity contribution in [2.75, 3.05) is 6.61 Å². The van der Waals surface area contributed by atoms with Crippen molar-refractivity contribution >= 4 is 51.8 Å². The molecule has 1 amide bonds. The van der Waals surface area contributed by atoms with Crippen molar-refractivity contribution in [2.45, 2.75) is 20.0 Å². The van der Waals surface area contributed by atoms with Crippen LogP contribution < -0.4 is 15.8 Å². The molecule has 0 fully saturated rings. The highest BCUT2D eigenvalue weighted by molar-refractivity contribution is 6.35. The summed E-state index contributed by atoms with van der Waals surface area (Å²) in [5.74, 6) is -1.17. The van der Waals surface area contributed by atoms with Crippen LogP contribution in [-0.4, -0.2) is 38.5 Å². The van der Waals surface area contributed by atoms with E-state index in [0.29, 0.717) is 10.7 Å². The SMILES string of the molecule is CCOC(=O)c1cc2c(=O)n3ccccc3nc2n(C)c1=NC(=O)[C@@H](C)Oc1ccc(Cl)cc1Cl. The molecule has 0 aliphatic heterocycles. The van der Waals surface area contributed by atoms with Crippen LogP contribution in [0.3, 0.4) is 0 Å². The number of nitrogens with zero attached hydrogens (tertiary/aromatic N) is 4. The Kier molecular flexibility index (Phi) is 6.90. The smallest absolute Gasteiger partial charge is 0.341 e. The fourth-order valence-corrected chi connectivity index (χ4v) is 3.92. The summed E-state index contributed by atoms with van der Waals surface area (Å²) >= 11 is 12.0. The molecule has 0 radical (unpaired) electrons. The van der Waals surface area contributed by atoms with Crippen LogP contribution in [0.1, 0.15) is 24.2 Å². The van der Waals surface area contributed by atoms with Crippen molar-refractivity contribution in [2.24, 2.45) is 12.0 Å². The van der Waals surface area contributed by atoms with E-state index in [4.69, 9.17) is 32.7 Å². The number of carbonyl (C=O) groups excluding carboxylic acids is 2. The van der Waals surface area contributed by atoms with Crippen LogP contribution in [0, 0.1) is 0 Å². The van der Waals surface area contributed by atoms with Crippen molar-refractivity contribution < 1.29 is 19.1 Å². The van der Waals surface area contributed by atoms with Crippen LogP contribution in [0.25, 0.3) is 16.7 Å². The number of aromatic nitrogens is 3. The number of esters is 1. The third kappa shape index (κ3) is 4.78. The minimum Gasteiger partial charge on any atom is -0.479 e. The van der Waals surface area contributed by atoms with Crippen LogP contribution in [-0.2, 0) is 16.6 Å². The highest BCUT2D eigenvalue weighted by atomic mass is 35.5. The summed E-state index contributed by atoms with van der Waals surface area (Å²) in [5, 5.41) is 0.823. The summed E-state index contributed by atoms with van der Waals surface area (Å²) < 4.78 is 13.6. The van der Waals surface area contributed by atoms with E-state index in [-0.39, 0.29) is 45.0 Å². The van der Waals surface area contributed by atoms with Gasteiger partial charge in [0.15, 0.2) is 11.6 Å². The van der Waals surface area contributed by atoms with Crippen LogP contribution in [0.15, 0.2) is 58.4 Å². The average Bonchev–Trinajstić information content (AvgIpc) is 2.83. The fraction of sp³-hybridized carbons (Fsp3) is 0.208. The number of hydrogen-bond donors (Lipinski definition) is 0. The lowest BCUT2D eigenvalue weighted by Gasteiger charge is -2.14. The molecule has 0 aliphatic rings. The molecule has 3 heterocycles. The van der Waals surface area contributed by atoms with Crippen molar-refractivity contribution in [3.63, 3.8) is 0 Å². The maximum absolute atomic E-state index is 13.1. The van der Waals surface area contributed by atoms with Crippen molar-refractivity contribution in [3.05, 3.63) is 80.1 Å². The molecule has 4 aromatic rings. The lowest BCUT2D eigenvalue weighted by Crippen LogP contribution is -2.33. The molecule has 1 aromatic carbocycles. The molecule has 0 saturated carbocycles. The molecular weight excluding hydrogens is 495 g/mol. The number of pyridine rings is 2. The highest BCUT2D eigenvalue weighted by Gasteiger charge is 2.21. The average molecular weight is 515 g/mol. The van der Waals surface area contributed by atoms with Gasteiger partial charge in [0.05, 0.1) is 17.0 Å². The maximum Gasteiger partial charge on any atom is 0.341 e. The zero-order valence-corrected chi connectivity index (χ0v) is 20.5. The van der Waals surface area contributed by atoms with Gasteiger partial charge in [-0.3, -0.25) is 14.0 Å². The van der Waals surface area contributed by atoms with E-state index in [1.54, 1.807) is 44.4 Å². The van der Waals surface area contributed by atoms with Gasteiger partial charge in [0, 0.05) is 18.3 Å². The van der Waals surface area contributed by atoms with Gasteiger partial charge in [0.2, 0.25) is 0 Å². The lowest BCUT2D eigenvalue weighted by atomic mass is 10.2. The third-order valence-corrected chi connectivity index (χ3v) is 5.70. The number of hydrogen-bond acceptors (Lipinski definition) is 6. The Labute approximate surface area is 209 Å². The molecule has 180 valence electrons. The van der Waals surface area contributed by atoms with E-state index in [0.717, 1.165) is 0 Å². The molecule has 35 heavy (non-hydrogen) atoms. The topological polar surface area (TPSA) is 104 Å². The summed E-state index contributed by atoms with van der Waals surface area (Å²) in [4.78, 5) is 47.5. The summed E-state index contributed by atoms with van der Waals surface area (Å²) in [5.41, 5.74) is 0.192. The number of aryl methyl sites for hydroxylation is 1. The van der Waals surface area contributed by atoms with Crippen LogP contribution >= 0.6 is 23.2 Å². The molecule has 11 heteroatoms. The minimum atomic E-state index is -1.05. The molecule has 0 unspecified atom stereocenters. The van der Waals surface area contributed by atoms with E-state index in [1.165, 1.54) is 34.1 Å². The summed E-state index contributed by atoms with van der Waals surface area (Å²) in [6, 6.07) is 11.1. The Balaban J connectivity index is 1.88. The summed E-state index contributed by atoms with van der Waals surface area (Å²) in [6.07, 6.45) is 0.534. The highest BCUT2D eigenvalue weighted by Crippen LogP contribution is 2.28. The Hall–Kier alpha value is -3.69. The van der Waals surface area contributed by atoms with Gasteiger partial charge in [-0.1, -0.05) is 29.3 Å². The largest absolute Gasteiger partial charge is 0.479 e. The predicted molar refractivity (Wildman–Crippen MR) is 131 cm³/mol.